The van der Waals surface area contributed by atoms with Gasteiger partial charge < -0.3 is 4.98 Å². The van der Waals surface area contributed by atoms with Crippen molar-refractivity contribution in [2.45, 2.75) is 0 Å². The maximum atomic E-state index is 12.0. The van der Waals surface area contributed by atoms with Gasteiger partial charge in [-0.25, -0.2) is 10.4 Å². The summed E-state index contributed by atoms with van der Waals surface area (Å²) in [7, 11) is 0. The predicted molar refractivity (Wildman–Crippen MR) is 84.3 cm³/mol. The summed E-state index contributed by atoms with van der Waals surface area (Å²) >= 11 is 0. The Hall–Kier alpha value is -3.55. The van der Waals surface area contributed by atoms with E-state index in [9.17, 15) is 14.9 Å². The molecule has 0 radical (unpaired) electrons. The van der Waals surface area contributed by atoms with Crippen molar-refractivity contribution >= 4 is 28.8 Å². The number of aromatic amines is 1. The lowest BCUT2D eigenvalue weighted by Gasteiger charge is -2.00. The van der Waals surface area contributed by atoms with Crippen LogP contribution in [0, 0.1) is 10.1 Å². The summed E-state index contributed by atoms with van der Waals surface area (Å²) in [6, 6.07) is 11.0. The van der Waals surface area contributed by atoms with E-state index in [0.29, 0.717) is 11.1 Å². The Morgan fingerprint density at radius 3 is 3.00 bits per heavy atom. The number of H-pyrrole nitrogens is 1. The van der Waals surface area contributed by atoms with E-state index in [1.54, 1.807) is 36.7 Å². The number of aromatic nitrogens is 2. The highest BCUT2D eigenvalue weighted by molar-refractivity contribution is 5.97. The number of nitrogens with zero attached hydrogens (tertiary/aromatic N) is 3. The Balaban J connectivity index is 1.70. The summed E-state index contributed by atoms with van der Waals surface area (Å²) in [6.07, 6.45) is 2.90. The quantitative estimate of drug-likeness (QED) is 0.437. The van der Waals surface area contributed by atoms with E-state index in [2.05, 4.69) is 20.5 Å². The number of hydrazone groups is 1. The van der Waals surface area contributed by atoms with Crippen molar-refractivity contribution in [1.29, 1.82) is 0 Å². The molecule has 8 heteroatoms. The molecule has 2 N–H and O–H groups in total. The second-order valence-electron chi connectivity index (χ2n) is 4.69. The van der Waals surface area contributed by atoms with Crippen LogP contribution in [0.15, 0.2) is 53.9 Å². The van der Waals surface area contributed by atoms with Crippen molar-refractivity contribution in [3.63, 3.8) is 0 Å². The second-order valence-corrected chi connectivity index (χ2v) is 4.69. The number of nitrogens with one attached hydrogen (secondary N) is 2. The summed E-state index contributed by atoms with van der Waals surface area (Å²) < 4.78 is 0. The van der Waals surface area contributed by atoms with E-state index in [1.807, 2.05) is 0 Å². The fourth-order valence-electron chi connectivity index (χ4n) is 2.03. The first-order valence-corrected chi connectivity index (χ1v) is 6.64. The first kappa shape index (κ1) is 14.4. The van der Waals surface area contributed by atoms with Crippen LogP contribution < -0.4 is 5.43 Å². The number of non-ortho nitro benzene ring substituents is 1. The van der Waals surface area contributed by atoms with Crippen LogP contribution in [-0.2, 0) is 0 Å². The van der Waals surface area contributed by atoms with Crippen LogP contribution in [0.1, 0.15) is 15.9 Å². The van der Waals surface area contributed by atoms with Crippen molar-refractivity contribution in [3.8, 4) is 0 Å². The highest BCUT2D eigenvalue weighted by Gasteiger charge is 2.07. The van der Waals surface area contributed by atoms with Crippen LogP contribution in [0.4, 0.5) is 5.69 Å². The van der Waals surface area contributed by atoms with Crippen molar-refractivity contribution in [3.05, 3.63) is 70.0 Å². The van der Waals surface area contributed by atoms with Crippen LogP contribution in [0.25, 0.3) is 11.0 Å². The van der Waals surface area contributed by atoms with Gasteiger partial charge in [-0.15, -0.1) is 0 Å². The van der Waals surface area contributed by atoms with Gasteiger partial charge in [-0.3, -0.25) is 14.9 Å². The highest BCUT2D eigenvalue weighted by atomic mass is 16.6. The summed E-state index contributed by atoms with van der Waals surface area (Å²) in [5.41, 5.74) is 4.80. The molecule has 0 atom stereocenters. The van der Waals surface area contributed by atoms with E-state index in [4.69, 9.17) is 0 Å². The lowest BCUT2D eigenvalue weighted by atomic mass is 10.2. The Kier molecular flexibility index (Phi) is 3.79. The SMILES string of the molecule is O=C(N/N=C\c1cccc([N+](=O)[O-])c1)c1ccc2nc[nH]c2c1. The van der Waals surface area contributed by atoms with Gasteiger partial charge in [0.2, 0.25) is 0 Å². The van der Waals surface area contributed by atoms with E-state index in [-0.39, 0.29) is 11.6 Å². The van der Waals surface area contributed by atoms with Crippen molar-refractivity contribution in [1.82, 2.24) is 15.4 Å². The van der Waals surface area contributed by atoms with Gasteiger partial charge in [-0.2, -0.15) is 5.10 Å². The van der Waals surface area contributed by atoms with E-state index >= 15 is 0 Å². The smallest absolute Gasteiger partial charge is 0.271 e. The minimum absolute atomic E-state index is 0.0371. The van der Waals surface area contributed by atoms with Gasteiger partial charge in [-0.1, -0.05) is 12.1 Å². The number of carbonyl (C=O) groups is 1. The first-order chi connectivity index (χ1) is 11.1. The lowest BCUT2D eigenvalue weighted by molar-refractivity contribution is -0.384. The third-order valence-corrected chi connectivity index (χ3v) is 3.14. The molecule has 3 aromatic rings. The molecule has 0 saturated carbocycles. The monoisotopic (exact) mass is 309 g/mol. The fourth-order valence-corrected chi connectivity index (χ4v) is 2.03. The van der Waals surface area contributed by atoms with Crippen molar-refractivity contribution in [2.75, 3.05) is 0 Å². The molecule has 3 rings (SSSR count). The molecule has 0 saturated heterocycles. The Morgan fingerprint density at radius 2 is 2.17 bits per heavy atom. The van der Waals surface area contributed by atoms with Crippen LogP contribution >= 0.6 is 0 Å². The third kappa shape index (κ3) is 3.21. The number of hydrogen-bond donors (Lipinski definition) is 2. The van der Waals surface area contributed by atoms with E-state index in [1.165, 1.54) is 18.3 Å². The van der Waals surface area contributed by atoms with Gasteiger partial charge in [0, 0.05) is 23.3 Å². The average Bonchev–Trinajstić information content (AvgIpc) is 3.02. The standard InChI is InChI=1S/C15H11N5O3/c21-15(11-4-5-13-14(7-11)17-9-16-13)19-18-8-10-2-1-3-12(6-10)20(22)23/h1-9H,(H,16,17)(H,19,21)/b18-8-. The molecule has 1 aromatic heterocycles. The first-order valence-electron chi connectivity index (χ1n) is 6.64. The molecule has 8 nitrogen and oxygen atoms in total. The number of carbonyl (C=O) groups excluding carboxylic acids is 1. The molecule has 2 aromatic carbocycles. The minimum Gasteiger partial charge on any atom is -0.345 e. The number of hydrogen-bond acceptors (Lipinski definition) is 5. The van der Waals surface area contributed by atoms with Crippen LogP contribution in [0.5, 0.6) is 0 Å². The van der Waals surface area contributed by atoms with Crippen molar-refractivity contribution < 1.29 is 9.72 Å². The number of benzene rings is 2. The van der Waals surface area contributed by atoms with Crippen LogP contribution in [0.3, 0.4) is 0 Å². The predicted octanol–water partition coefficient (Wildman–Crippen LogP) is 2.24. The number of amides is 1. The summed E-state index contributed by atoms with van der Waals surface area (Å²) in [5, 5.41) is 14.5. The van der Waals surface area contributed by atoms with Crippen LogP contribution in [-0.4, -0.2) is 27.0 Å². The van der Waals surface area contributed by atoms with Gasteiger partial charge in [0.05, 0.1) is 28.5 Å². The molecule has 0 aliphatic carbocycles. The topological polar surface area (TPSA) is 113 Å². The highest BCUT2D eigenvalue weighted by Crippen LogP contribution is 2.12. The Labute approximate surface area is 130 Å². The molecule has 0 bridgehead atoms. The zero-order valence-electron chi connectivity index (χ0n) is 11.8. The molecule has 0 spiro atoms. The Morgan fingerprint density at radius 1 is 1.30 bits per heavy atom. The van der Waals surface area contributed by atoms with Gasteiger partial charge in [0.25, 0.3) is 11.6 Å². The number of rotatable bonds is 4. The zero-order valence-corrected chi connectivity index (χ0v) is 11.8. The molecule has 0 aliphatic heterocycles. The van der Waals surface area contributed by atoms with Gasteiger partial charge >= 0.3 is 0 Å². The largest absolute Gasteiger partial charge is 0.345 e. The third-order valence-electron chi connectivity index (χ3n) is 3.14. The second kappa shape index (κ2) is 6.06. The zero-order chi connectivity index (χ0) is 16.2. The molecule has 0 aliphatic rings. The molecule has 0 unspecified atom stereocenters. The van der Waals surface area contributed by atoms with Gasteiger partial charge in [0.15, 0.2) is 0 Å². The number of fused-ring (bicyclic) bond motifs is 1. The Bertz CT molecular complexity index is 916. The molecular weight excluding hydrogens is 298 g/mol. The maximum Gasteiger partial charge on any atom is 0.271 e. The van der Waals surface area contributed by atoms with Crippen molar-refractivity contribution in [2.24, 2.45) is 5.10 Å². The molecular formula is C15H11N5O3. The summed E-state index contributed by atoms with van der Waals surface area (Å²) in [4.78, 5) is 29.2. The van der Waals surface area contributed by atoms with Crippen LogP contribution in [0.2, 0.25) is 0 Å². The molecule has 1 heterocycles. The van der Waals surface area contributed by atoms with Gasteiger partial charge in [0.1, 0.15) is 0 Å². The van der Waals surface area contributed by atoms with E-state index in [0.717, 1.165) is 11.0 Å². The minimum atomic E-state index is -0.491. The molecule has 23 heavy (non-hydrogen) atoms. The number of imidazole rings is 1. The molecule has 114 valence electrons. The fraction of sp³-hybridized carbons (Fsp3) is 0. The maximum absolute atomic E-state index is 12.0. The lowest BCUT2D eigenvalue weighted by Crippen LogP contribution is -2.17. The summed E-state index contributed by atoms with van der Waals surface area (Å²) in [6.45, 7) is 0. The molecule has 0 fully saturated rings. The normalized spacial score (nSPS) is 11.0. The van der Waals surface area contributed by atoms with E-state index < -0.39 is 4.92 Å². The van der Waals surface area contributed by atoms with Gasteiger partial charge in [-0.05, 0) is 18.2 Å². The molecule has 1 amide bonds. The average molecular weight is 309 g/mol. The number of nitro groups is 1. The number of nitro benzene ring substituents is 1. The summed E-state index contributed by atoms with van der Waals surface area (Å²) in [5.74, 6) is -0.386.